The first-order chi connectivity index (χ1) is 12.3. The first kappa shape index (κ1) is 25.2. The maximum atomic E-state index is 9.59. The molecule has 0 bridgehead atoms. The van der Waals surface area contributed by atoms with Crippen LogP contribution in [0.3, 0.4) is 0 Å². The maximum absolute atomic E-state index is 9.59. The Kier molecular flexibility index (Phi) is 8.98. The van der Waals surface area contributed by atoms with Gasteiger partial charge >= 0.3 is 9.05 Å². The Hall–Kier alpha value is 1.96. The lowest BCUT2D eigenvalue weighted by Crippen LogP contribution is -2.43. The molecule has 0 aliphatic rings. The molecule has 1 unspecified atom stereocenters. The number of alkyl halides is 2. The van der Waals surface area contributed by atoms with Gasteiger partial charge in [0.2, 0.25) is 0 Å². The highest BCUT2D eigenvalue weighted by atomic mass is 79.9. The average molecular weight is 819 g/mol. The number of benzene rings is 2. The van der Waals surface area contributed by atoms with Gasteiger partial charge in [0.15, 0.2) is 4.33 Å². The third-order valence-corrected chi connectivity index (χ3v) is 11.5. The summed E-state index contributed by atoms with van der Waals surface area (Å²) in [6.45, 7) is 0. The lowest BCUT2D eigenvalue weighted by Gasteiger charge is -2.34. The van der Waals surface area contributed by atoms with E-state index in [1.54, 1.807) is 24.3 Å². The molecule has 148 valence electrons. The fraction of sp³-hybridized carbons (Fsp3) is 0.143. The third kappa shape index (κ3) is 5.81. The first-order valence-corrected chi connectivity index (χ1v) is 14.0. The Balaban J connectivity index is 2.71. The summed E-state index contributed by atoms with van der Waals surface area (Å²) in [6.07, 6.45) is -1.34. The molecule has 13 heteroatoms. The van der Waals surface area contributed by atoms with Gasteiger partial charge in [-0.15, -0.1) is 0 Å². The molecule has 4 nitrogen and oxygen atoms in total. The highest BCUT2D eigenvalue weighted by Crippen LogP contribution is 2.54. The van der Waals surface area contributed by atoms with E-state index in [0.29, 0.717) is 29.0 Å². The van der Waals surface area contributed by atoms with E-state index in [9.17, 15) is 14.4 Å². The minimum Gasteiger partial charge on any atom is -0.368 e. The highest BCUT2D eigenvalue weighted by molar-refractivity contribution is 9.15. The van der Waals surface area contributed by atoms with Crippen molar-refractivity contribution in [2.45, 2.75) is 10.4 Å². The molecule has 0 saturated heterocycles. The SMILES string of the molecule is O[Si](O)(O)OC(c1ccc(Br)c(Br)c1Br)C(Cl)(Cl)c1ccc(Br)c(Br)c1Br. The summed E-state index contributed by atoms with van der Waals surface area (Å²) in [6, 6.07) is 6.69. The molecular formula is C14H8Br6Cl2O4Si. The molecule has 0 aliphatic heterocycles. The Bertz CT molecular complexity index is 878. The van der Waals surface area contributed by atoms with Crippen molar-refractivity contribution in [1.82, 2.24) is 0 Å². The minimum atomic E-state index is -4.99. The predicted molar refractivity (Wildman–Crippen MR) is 129 cm³/mol. The fourth-order valence-corrected chi connectivity index (χ4v) is 6.91. The van der Waals surface area contributed by atoms with E-state index in [2.05, 4.69) is 95.6 Å². The zero-order valence-corrected chi connectivity index (χ0v) is 24.7. The van der Waals surface area contributed by atoms with Gasteiger partial charge < -0.3 is 18.8 Å². The molecule has 0 heterocycles. The standard InChI is InChI=1S/C14H8Br6Cl2O4Si/c15-7-3-1-5(9(17)11(7)19)13(26-27(23,24)25)14(21,22)6-2-4-8(16)12(20)10(6)18/h1-4,13,23-25H. The van der Waals surface area contributed by atoms with Gasteiger partial charge in [0.05, 0.1) is 0 Å². The van der Waals surface area contributed by atoms with Crippen molar-refractivity contribution < 1.29 is 18.8 Å². The Labute approximate surface area is 216 Å². The average Bonchev–Trinajstić information content (AvgIpc) is 2.55. The normalized spacial score (nSPS) is 13.7. The summed E-state index contributed by atoms with van der Waals surface area (Å²) in [4.78, 5) is 28.8. The topological polar surface area (TPSA) is 69.9 Å². The van der Waals surface area contributed by atoms with Crippen molar-refractivity contribution in [3.05, 3.63) is 62.2 Å². The number of hydrogen-bond acceptors (Lipinski definition) is 4. The molecule has 0 aromatic heterocycles. The van der Waals surface area contributed by atoms with E-state index >= 15 is 0 Å². The summed E-state index contributed by atoms with van der Waals surface area (Å²) in [7, 11) is -4.99. The summed E-state index contributed by atoms with van der Waals surface area (Å²) in [5.74, 6) is 0. The molecule has 0 aliphatic carbocycles. The molecule has 2 aromatic carbocycles. The number of rotatable bonds is 5. The summed E-state index contributed by atoms with van der Waals surface area (Å²) >= 11 is 33.8. The number of hydrogen-bond donors (Lipinski definition) is 3. The van der Waals surface area contributed by atoms with E-state index in [-0.39, 0.29) is 0 Å². The zero-order chi connectivity index (χ0) is 20.7. The van der Waals surface area contributed by atoms with E-state index in [0.717, 1.165) is 8.95 Å². The molecule has 0 radical (unpaired) electrons. The molecule has 3 N–H and O–H groups in total. The van der Waals surface area contributed by atoms with Crippen molar-refractivity contribution >= 4 is 128 Å². The third-order valence-electron chi connectivity index (χ3n) is 3.35. The maximum Gasteiger partial charge on any atom is 0.672 e. The Morgan fingerprint density at radius 2 is 1.26 bits per heavy atom. The van der Waals surface area contributed by atoms with E-state index in [1.165, 1.54) is 0 Å². The van der Waals surface area contributed by atoms with Crippen LogP contribution in [0.4, 0.5) is 0 Å². The Morgan fingerprint density at radius 3 is 1.78 bits per heavy atom. The van der Waals surface area contributed by atoms with Crippen molar-refractivity contribution in [2.24, 2.45) is 0 Å². The monoisotopic (exact) mass is 811 g/mol. The van der Waals surface area contributed by atoms with Gasteiger partial charge in [-0.2, -0.15) is 0 Å². The number of halogens is 8. The smallest absolute Gasteiger partial charge is 0.368 e. The van der Waals surface area contributed by atoms with Crippen LogP contribution in [0.25, 0.3) is 0 Å². The van der Waals surface area contributed by atoms with E-state index in [1.807, 2.05) is 0 Å². The second kappa shape index (κ2) is 9.62. The van der Waals surface area contributed by atoms with Crippen LogP contribution >= 0.6 is 119 Å². The lowest BCUT2D eigenvalue weighted by atomic mass is 10.0. The van der Waals surface area contributed by atoms with Crippen LogP contribution < -0.4 is 0 Å². The summed E-state index contributed by atoms with van der Waals surface area (Å²) in [5, 5.41) is 0. The molecular weight excluding hydrogens is 811 g/mol. The van der Waals surface area contributed by atoms with Gasteiger partial charge in [0.25, 0.3) is 0 Å². The van der Waals surface area contributed by atoms with Crippen LogP contribution in [0.2, 0.25) is 0 Å². The van der Waals surface area contributed by atoms with Gasteiger partial charge in [-0.1, -0.05) is 35.3 Å². The van der Waals surface area contributed by atoms with Gasteiger partial charge in [-0.3, -0.25) is 0 Å². The van der Waals surface area contributed by atoms with Crippen LogP contribution in [0.1, 0.15) is 17.2 Å². The largest absolute Gasteiger partial charge is 0.672 e. The van der Waals surface area contributed by atoms with Crippen LogP contribution in [0.15, 0.2) is 51.1 Å². The summed E-state index contributed by atoms with van der Waals surface area (Å²) in [5.41, 5.74) is 0.769. The molecule has 0 saturated carbocycles. The molecule has 0 fully saturated rings. The van der Waals surface area contributed by atoms with Crippen LogP contribution in [-0.2, 0) is 8.76 Å². The van der Waals surface area contributed by atoms with E-state index in [4.69, 9.17) is 27.6 Å². The molecule has 27 heavy (non-hydrogen) atoms. The first-order valence-electron chi connectivity index (χ1n) is 6.77. The minimum absolute atomic E-state index is 0.384. The van der Waals surface area contributed by atoms with Gasteiger partial charge in [-0.05, 0) is 113 Å². The second-order valence-corrected chi connectivity index (χ2v) is 12.8. The van der Waals surface area contributed by atoms with Crippen molar-refractivity contribution in [1.29, 1.82) is 0 Å². The quantitative estimate of drug-likeness (QED) is 0.172. The molecule has 0 amide bonds. The fourth-order valence-electron chi connectivity index (χ4n) is 2.16. The lowest BCUT2D eigenvalue weighted by molar-refractivity contribution is 0.0143. The molecule has 2 rings (SSSR count). The van der Waals surface area contributed by atoms with Gasteiger partial charge in [0, 0.05) is 32.4 Å². The van der Waals surface area contributed by atoms with Crippen LogP contribution in [0, 0.1) is 0 Å². The Morgan fingerprint density at radius 1 is 0.778 bits per heavy atom. The highest BCUT2D eigenvalue weighted by Gasteiger charge is 2.48. The van der Waals surface area contributed by atoms with Crippen molar-refractivity contribution in [3.8, 4) is 0 Å². The van der Waals surface area contributed by atoms with Gasteiger partial charge in [-0.25, -0.2) is 0 Å². The van der Waals surface area contributed by atoms with Crippen LogP contribution in [0.5, 0.6) is 0 Å². The second-order valence-electron chi connectivity index (χ2n) is 5.18. The summed E-state index contributed by atoms with van der Waals surface area (Å²) < 4.78 is 7.18. The predicted octanol–water partition coefficient (Wildman–Crippen LogP) is 7.06. The molecule has 1 atom stereocenters. The van der Waals surface area contributed by atoms with Gasteiger partial charge in [0.1, 0.15) is 6.10 Å². The van der Waals surface area contributed by atoms with Crippen molar-refractivity contribution in [2.75, 3.05) is 0 Å². The molecule has 2 aromatic rings. The van der Waals surface area contributed by atoms with Crippen LogP contribution in [-0.4, -0.2) is 23.4 Å². The van der Waals surface area contributed by atoms with E-state index < -0.39 is 19.5 Å². The zero-order valence-electron chi connectivity index (χ0n) is 12.7. The van der Waals surface area contributed by atoms with Crippen molar-refractivity contribution in [3.63, 3.8) is 0 Å². The molecule has 0 spiro atoms.